The van der Waals surface area contributed by atoms with Gasteiger partial charge in [-0.05, 0) is 35.0 Å². The quantitative estimate of drug-likeness (QED) is 0.870. The Morgan fingerprint density at radius 1 is 1.65 bits per heavy atom. The maximum absolute atomic E-state index is 12.0. The fourth-order valence-electron chi connectivity index (χ4n) is 1.46. The lowest BCUT2D eigenvalue weighted by Crippen LogP contribution is -2.45. The van der Waals surface area contributed by atoms with Crippen LogP contribution in [-0.2, 0) is 16.1 Å². The Labute approximate surface area is 114 Å². The van der Waals surface area contributed by atoms with Crippen molar-refractivity contribution in [2.24, 2.45) is 5.73 Å². The molecule has 1 amide bonds. The first kappa shape index (κ1) is 14.6. The van der Waals surface area contributed by atoms with E-state index in [1.54, 1.807) is 23.3 Å². The highest BCUT2D eigenvalue weighted by Crippen LogP contribution is 2.23. The number of hydrogen-bond donors (Lipinski definition) is 1. The van der Waals surface area contributed by atoms with E-state index in [1.165, 1.54) is 0 Å². The molecule has 4 nitrogen and oxygen atoms in total. The lowest BCUT2D eigenvalue weighted by molar-refractivity contribution is -0.134. The molecular formula is C11H17BrN2O2S. The molecular weight excluding hydrogens is 304 g/mol. The van der Waals surface area contributed by atoms with E-state index in [0.717, 1.165) is 8.66 Å². The standard InChI is InChI=1S/C11H17BrN2O2S/c1-3-14(11(15)9(13)7-16-2)6-8-4-5-10(12)17-8/h4-5,9H,3,6-7,13H2,1-2H3. The highest BCUT2D eigenvalue weighted by molar-refractivity contribution is 9.11. The predicted molar refractivity (Wildman–Crippen MR) is 73.0 cm³/mol. The molecule has 0 aliphatic heterocycles. The maximum atomic E-state index is 12.0. The lowest BCUT2D eigenvalue weighted by atomic mass is 10.2. The van der Waals surface area contributed by atoms with E-state index in [9.17, 15) is 4.79 Å². The highest BCUT2D eigenvalue weighted by atomic mass is 79.9. The third-order valence-corrected chi connectivity index (χ3v) is 3.94. The zero-order valence-corrected chi connectivity index (χ0v) is 12.4. The second kappa shape index (κ2) is 7.10. The van der Waals surface area contributed by atoms with Crippen LogP contribution in [0.25, 0.3) is 0 Å². The monoisotopic (exact) mass is 320 g/mol. The van der Waals surface area contributed by atoms with Gasteiger partial charge >= 0.3 is 0 Å². The molecule has 1 unspecified atom stereocenters. The number of rotatable bonds is 6. The number of likely N-dealkylation sites (N-methyl/N-ethyl adjacent to an activating group) is 1. The average molecular weight is 321 g/mol. The number of carbonyl (C=O) groups excluding carboxylic acids is 1. The van der Waals surface area contributed by atoms with E-state index in [-0.39, 0.29) is 12.5 Å². The number of amides is 1. The molecule has 0 fully saturated rings. The van der Waals surface area contributed by atoms with E-state index in [0.29, 0.717) is 13.1 Å². The number of ether oxygens (including phenoxy) is 1. The molecule has 0 radical (unpaired) electrons. The summed E-state index contributed by atoms with van der Waals surface area (Å²) in [6, 6.07) is 3.41. The molecule has 2 N–H and O–H groups in total. The molecule has 1 atom stereocenters. The van der Waals surface area contributed by atoms with Gasteiger partial charge in [-0.1, -0.05) is 0 Å². The van der Waals surface area contributed by atoms with Gasteiger partial charge in [-0.15, -0.1) is 11.3 Å². The fourth-order valence-corrected chi connectivity index (χ4v) is 2.95. The number of nitrogens with zero attached hydrogens (tertiary/aromatic N) is 1. The van der Waals surface area contributed by atoms with Gasteiger partial charge < -0.3 is 15.4 Å². The molecule has 0 aromatic carbocycles. The van der Waals surface area contributed by atoms with E-state index < -0.39 is 6.04 Å². The number of carbonyl (C=O) groups is 1. The summed E-state index contributed by atoms with van der Waals surface area (Å²) in [4.78, 5) is 14.9. The summed E-state index contributed by atoms with van der Waals surface area (Å²) in [5.74, 6) is -0.0705. The van der Waals surface area contributed by atoms with Gasteiger partial charge in [0.2, 0.25) is 5.91 Å². The zero-order chi connectivity index (χ0) is 12.8. The highest BCUT2D eigenvalue weighted by Gasteiger charge is 2.20. The van der Waals surface area contributed by atoms with Crippen LogP contribution in [0.1, 0.15) is 11.8 Å². The molecule has 0 bridgehead atoms. The second-order valence-electron chi connectivity index (χ2n) is 3.62. The topological polar surface area (TPSA) is 55.6 Å². The molecule has 6 heteroatoms. The molecule has 96 valence electrons. The summed E-state index contributed by atoms with van der Waals surface area (Å²) < 4.78 is 5.96. The van der Waals surface area contributed by atoms with Crippen LogP contribution in [0.2, 0.25) is 0 Å². The lowest BCUT2D eigenvalue weighted by Gasteiger charge is -2.23. The normalized spacial score (nSPS) is 12.5. The molecule has 0 aliphatic rings. The Morgan fingerprint density at radius 2 is 2.35 bits per heavy atom. The minimum absolute atomic E-state index is 0.0705. The number of thiophene rings is 1. The minimum Gasteiger partial charge on any atom is -0.383 e. The molecule has 1 aromatic heterocycles. The fraction of sp³-hybridized carbons (Fsp3) is 0.545. The largest absolute Gasteiger partial charge is 0.383 e. The van der Waals surface area contributed by atoms with Crippen LogP contribution in [0.15, 0.2) is 15.9 Å². The van der Waals surface area contributed by atoms with Crippen LogP contribution in [0.4, 0.5) is 0 Å². The van der Waals surface area contributed by atoms with Crippen molar-refractivity contribution in [3.8, 4) is 0 Å². The van der Waals surface area contributed by atoms with Crippen molar-refractivity contribution in [1.82, 2.24) is 4.90 Å². The first-order valence-corrected chi connectivity index (χ1v) is 6.97. The Kier molecular flexibility index (Phi) is 6.11. The average Bonchev–Trinajstić information content (AvgIpc) is 2.71. The number of methoxy groups -OCH3 is 1. The van der Waals surface area contributed by atoms with Gasteiger partial charge in [0.25, 0.3) is 0 Å². The van der Waals surface area contributed by atoms with Gasteiger partial charge in [-0.2, -0.15) is 0 Å². The molecule has 1 rings (SSSR count). The first-order chi connectivity index (χ1) is 8.08. The van der Waals surface area contributed by atoms with Gasteiger partial charge in [-0.25, -0.2) is 0 Å². The molecule has 0 saturated carbocycles. The number of nitrogens with two attached hydrogens (primary N) is 1. The maximum Gasteiger partial charge on any atom is 0.242 e. The van der Waals surface area contributed by atoms with Crippen molar-refractivity contribution in [2.45, 2.75) is 19.5 Å². The van der Waals surface area contributed by atoms with Gasteiger partial charge in [0.1, 0.15) is 6.04 Å². The van der Waals surface area contributed by atoms with Crippen LogP contribution in [0.5, 0.6) is 0 Å². The Morgan fingerprint density at radius 3 is 2.82 bits per heavy atom. The Bertz CT molecular complexity index is 370. The predicted octanol–water partition coefficient (Wildman–Crippen LogP) is 1.83. The van der Waals surface area contributed by atoms with Crippen molar-refractivity contribution < 1.29 is 9.53 Å². The summed E-state index contributed by atoms with van der Waals surface area (Å²) >= 11 is 5.03. The summed E-state index contributed by atoms with van der Waals surface area (Å²) in [5.41, 5.74) is 5.74. The molecule has 0 aliphatic carbocycles. The van der Waals surface area contributed by atoms with Gasteiger partial charge in [0, 0.05) is 18.5 Å². The van der Waals surface area contributed by atoms with Crippen molar-refractivity contribution in [1.29, 1.82) is 0 Å². The van der Waals surface area contributed by atoms with E-state index in [1.807, 2.05) is 19.1 Å². The third-order valence-electron chi connectivity index (χ3n) is 2.33. The van der Waals surface area contributed by atoms with Crippen molar-refractivity contribution >= 4 is 33.2 Å². The molecule has 1 aromatic rings. The van der Waals surface area contributed by atoms with Gasteiger partial charge in [0.05, 0.1) is 16.9 Å². The van der Waals surface area contributed by atoms with Crippen LogP contribution >= 0.6 is 27.3 Å². The van der Waals surface area contributed by atoms with Crippen molar-refractivity contribution in [3.05, 3.63) is 20.8 Å². The summed E-state index contributed by atoms with van der Waals surface area (Å²) in [6.07, 6.45) is 0. The Hall–Kier alpha value is -0.430. The SMILES string of the molecule is CCN(Cc1ccc(Br)s1)C(=O)C(N)COC. The van der Waals surface area contributed by atoms with Crippen LogP contribution in [-0.4, -0.2) is 37.1 Å². The second-order valence-corrected chi connectivity index (χ2v) is 6.17. The van der Waals surface area contributed by atoms with E-state index >= 15 is 0 Å². The minimum atomic E-state index is -0.580. The van der Waals surface area contributed by atoms with Crippen molar-refractivity contribution in [3.63, 3.8) is 0 Å². The summed E-state index contributed by atoms with van der Waals surface area (Å²) in [5, 5.41) is 0. The molecule has 1 heterocycles. The first-order valence-electron chi connectivity index (χ1n) is 5.36. The summed E-state index contributed by atoms with van der Waals surface area (Å²) in [7, 11) is 1.54. The third kappa shape index (κ3) is 4.39. The summed E-state index contributed by atoms with van der Waals surface area (Å²) in [6.45, 7) is 3.44. The number of halogens is 1. The molecule has 0 spiro atoms. The van der Waals surface area contributed by atoms with Crippen molar-refractivity contribution in [2.75, 3.05) is 20.3 Å². The molecule has 17 heavy (non-hydrogen) atoms. The number of hydrogen-bond acceptors (Lipinski definition) is 4. The van der Waals surface area contributed by atoms with E-state index in [4.69, 9.17) is 10.5 Å². The zero-order valence-electron chi connectivity index (χ0n) is 9.98. The Balaban J connectivity index is 2.62. The molecule has 0 saturated heterocycles. The van der Waals surface area contributed by atoms with Gasteiger partial charge in [-0.3, -0.25) is 4.79 Å². The van der Waals surface area contributed by atoms with E-state index in [2.05, 4.69) is 15.9 Å². The van der Waals surface area contributed by atoms with Gasteiger partial charge in [0.15, 0.2) is 0 Å². The van der Waals surface area contributed by atoms with Crippen LogP contribution < -0.4 is 5.73 Å². The van der Waals surface area contributed by atoms with Crippen LogP contribution in [0, 0.1) is 0 Å². The smallest absolute Gasteiger partial charge is 0.242 e. The van der Waals surface area contributed by atoms with Crippen LogP contribution in [0.3, 0.4) is 0 Å².